The van der Waals surface area contributed by atoms with Gasteiger partial charge < -0.3 is 10.2 Å². The van der Waals surface area contributed by atoms with Crippen molar-refractivity contribution >= 4 is 35.0 Å². The molecule has 3 aromatic carbocycles. The highest BCUT2D eigenvalue weighted by molar-refractivity contribution is 7.99. The van der Waals surface area contributed by atoms with E-state index in [1.165, 1.54) is 4.90 Å². The van der Waals surface area contributed by atoms with Gasteiger partial charge in [0.25, 0.3) is 5.91 Å². The lowest BCUT2D eigenvalue weighted by molar-refractivity contribution is -0.115. The lowest BCUT2D eigenvalue weighted by Crippen LogP contribution is -2.35. The van der Waals surface area contributed by atoms with E-state index >= 15 is 0 Å². The summed E-state index contributed by atoms with van der Waals surface area (Å²) in [6.07, 6.45) is 2.27. The molecule has 0 unspecified atom stereocenters. The quantitative estimate of drug-likeness (QED) is 0.547. The van der Waals surface area contributed by atoms with E-state index in [2.05, 4.69) is 17.4 Å². The Morgan fingerprint density at radius 2 is 1.67 bits per heavy atom. The molecule has 0 radical (unpaired) electrons. The van der Waals surface area contributed by atoms with Gasteiger partial charge in [-0.15, -0.1) is 11.8 Å². The number of fused-ring (bicyclic) bond motifs is 1. The van der Waals surface area contributed by atoms with Gasteiger partial charge in [0, 0.05) is 40.6 Å². The molecule has 5 heteroatoms. The van der Waals surface area contributed by atoms with E-state index in [9.17, 15) is 9.59 Å². The van der Waals surface area contributed by atoms with Crippen molar-refractivity contribution < 1.29 is 9.59 Å². The summed E-state index contributed by atoms with van der Waals surface area (Å²) in [7, 11) is 0. The van der Waals surface area contributed by atoms with E-state index in [1.807, 2.05) is 71.6 Å². The Morgan fingerprint density at radius 1 is 0.933 bits per heavy atom. The zero-order chi connectivity index (χ0) is 20.8. The van der Waals surface area contributed by atoms with Crippen LogP contribution in [-0.4, -0.2) is 24.1 Å². The zero-order valence-electron chi connectivity index (χ0n) is 16.7. The predicted molar refractivity (Wildman–Crippen MR) is 123 cm³/mol. The van der Waals surface area contributed by atoms with Crippen LogP contribution in [0.1, 0.15) is 28.8 Å². The van der Waals surface area contributed by atoms with Gasteiger partial charge in [0.05, 0.1) is 0 Å². The summed E-state index contributed by atoms with van der Waals surface area (Å²) in [6, 6.07) is 25.3. The number of hydrogen-bond acceptors (Lipinski definition) is 3. The molecule has 4 rings (SSSR count). The molecule has 152 valence electrons. The molecule has 0 atom stereocenters. The number of aryl methyl sites for hydroxylation is 1. The summed E-state index contributed by atoms with van der Waals surface area (Å²) >= 11 is 1.68. The average Bonchev–Trinajstić information content (AvgIpc) is 2.79. The minimum atomic E-state index is 0.00593. The number of rotatable bonds is 6. The fourth-order valence-corrected chi connectivity index (χ4v) is 4.50. The number of carbonyl (C=O) groups excluding carboxylic acids is 2. The van der Waals surface area contributed by atoms with Crippen molar-refractivity contribution in [1.29, 1.82) is 0 Å². The second-order valence-corrected chi connectivity index (χ2v) is 8.40. The van der Waals surface area contributed by atoms with Crippen LogP contribution in [0.25, 0.3) is 0 Å². The fourth-order valence-electron chi connectivity index (χ4n) is 3.62. The Labute approximate surface area is 181 Å². The molecule has 1 aliphatic heterocycles. The number of thioether (sulfide) groups is 1. The average molecular weight is 417 g/mol. The van der Waals surface area contributed by atoms with Crippen molar-refractivity contribution in [2.75, 3.05) is 22.5 Å². The standard InChI is InChI=1S/C25H24N2O2S/c28-24(15-17-30-22-11-5-2-6-12-22)26-21-13-14-23-20(18-21)10-7-16-27(23)25(29)19-8-3-1-4-9-19/h1-6,8-9,11-14,18H,7,10,15-17H2,(H,26,28). The predicted octanol–water partition coefficient (Wildman–Crippen LogP) is 5.40. The van der Waals surface area contributed by atoms with E-state index < -0.39 is 0 Å². The highest BCUT2D eigenvalue weighted by atomic mass is 32.2. The Hall–Kier alpha value is -3.05. The molecule has 0 saturated heterocycles. The summed E-state index contributed by atoms with van der Waals surface area (Å²) in [6.45, 7) is 0.711. The zero-order valence-corrected chi connectivity index (χ0v) is 17.5. The van der Waals surface area contributed by atoms with Gasteiger partial charge in [-0.1, -0.05) is 36.4 Å². The third-order valence-electron chi connectivity index (χ3n) is 5.09. The van der Waals surface area contributed by atoms with E-state index in [4.69, 9.17) is 0 Å². The number of carbonyl (C=O) groups is 2. The van der Waals surface area contributed by atoms with Gasteiger partial charge in [-0.05, 0) is 60.9 Å². The third-order valence-corrected chi connectivity index (χ3v) is 6.10. The van der Waals surface area contributed by atoms with Crippen LogP contribution in [0, 0.1) is 0 Å². The van der Waals surface area contributed by atoms with E-state index in [0.29, 0.717) is 18.5 Å². The van der Waals surface area contributed by atoms with Crippen LogP contribution in [0.15, 0.2) is 83.8 Å². The summed E-state index contributed by atoms with van der Waals surface area (Å²) in [5.74, 6) is 0.762. The molecule has 0 spiro atoms. The van der Waals surface area contributed by atoms with Crippen LogP contribution in [-0.2, 0) is 11.2 Å². The molecule has 1 aliphatic rings. The lowest BCUT2D eigenvalue weighted by atomic mass is 10.00. The molecule has 0 fully saturated rings. The lowest BCUT2D eigenvalue weighted by Gasteiger charge is -2.30. The van der Waals surface area contributed by atoms with Crippen LogP contribution < -0.4 is 10.2 Å². The number of anilines is 2. The summed E-state index contributed by atoms with van der Waals surface area (Å²) in [5, 5.41) is 3.00. The minimum absolute atomic E-state index is 0.00593. The normalized spacial score (nSPS) is 12.9. The smallest absolute Gasteiger partial charge is 0.258 e. The van der Waals surface area contributed by atoms with Gasteiger partial charge in [0.1, 0.15) is 0 Å². The van der Waals surface area contributed by atoms with Gasteiger partial charge in [-0.25, -0.2) is 0 Å². The number of benzene rings is 3. The summed E-state index contributed by atoms with van der Waals surface area (Å²) < 4.78 is 0. The number of nitrogens with zero attached hydrogens (tertiary/aromatic N) is 1. The Bertz CT molecular complexity index is 1020. The summed E-state index contributed by atoms with van der Waals surface area (Å²) in [4.78, 5) is 28.3. The van der Waals surface area contributed by atoms with Crippen molar-refractivity contribution in [3.05, 3.63) is 90.0 Å². The van der Waals surface area contributed by atoms with Crippen LogP contribution >= 0.6 is 11.8 Å². The maximum absolute atomic E-state index is 12.9. The Morgan fingerprint density at radius 3 is 2.43 bits per heavy atom. The first-order chi connectivity index (χ1) is 14.7. The van der Waals surface area contributed by atoms with Gasteiger partial charge in [-0.2, -0.15) is 0 Å². The highest BCUT2D eigenvalue weighted by Crippen LogP contribution is 2.31. The number of amides is 2. The first-order valence-electron chi connectivity index (χ1n) is 10.2. The molecule has 3 aromatic rings. The largest absolute Gasteiger partial charge is 0.326 e. The number of hydrogen-bond donors (Lipinski definition) is 1. The maximum atomic E-state index is 12.9. The van der Waals surface area contributed by atoms with E-state index in [-0.39, 0.29) is 11.8 Å². The third kappa shape index (κ3) is 4.92. The number of nitrogens with one attached hydrogen (secondary N) is 1. The van der Waals surface area contributed by atoms with E-state index in [0.717, 1.165) is 35.5 Å². The molecule has 2 amide bonds. The molecule has 0 aromatic heterocycles. The van der Waals surface area contributed by atoms with Crippen LogP contribution in [0.3, 0.4) is 0 Å². The van der Waals surface area contributed by atoms with Crippen molar-refractivity contribution in [2.24, 2.45) is 0 Å². The maximum Gasteiger partial charge on any atom is 0.258 e. The fraction of sp³-hybridized carbons (Fsp3) is 0.200. The molecule has 0 saturated carbocycles. The van der Waals surface area contributed by atoms with Crippen molar-refractivity contribution in [2.45, 2.75) is 24.2 Å². The van der Waals surface area contributed by atoms with Crippen molar-refractivity contribution in [3.63, 3.8) is 0 Å². The second-order valence-electron chi connectivity index (χ2n) is 7.23. The van der Waals surface area contributed by atoms with Gasteiger partial charge in [0.15, 0.2) is 0 Å². The second kappa shape index (κ2) is 9.63. The molecule has 0 aliphatic carbocycles. The van der Waals surface area contributed by atoms with Gasteiger partial charge in [0.2, 0.25) is 5.91 Å². The van der Waals surface area contributed by atoms with Crippen molar-refractivity contribution in [3.8, 4) is 0 Å². The monoisotopic (exact) mass is 416 g/mol. The molecule has 1 heterocycles. The molecule has 0 bridgehead atoms. The molecular weight excluding hydrogens is 392 g/mol. The van der Waals surface area contributed by atoms with Crippen LogP contribution in [0.2, 0.25) is 0 Å². The van der Waals surface area contributed by atoms with Crippen LogP contribution in [0.5, 0.6) is 0 Å². The molecule has 1 N–H and O–H groups in total. The Balaban J connectivity index is 1.38. The van der Waals surface area contributed by atoms with E-state index in [1.54, 1.807) is 11.8 Å². The summed E-state index contributed by atoms with van der Waals surface area (Å²) in [5.41, 5.74) is 3.52. The highest BCUT2D eigenvalue weighted by Gasteiger charge is 2.23. The van der Waals surface area contributed by atoms with Crippen molar-refractivity contribution in [1.82, 2.24) is 0 Å². The molecule has 30 heavy (non-hydrogen) atoms. The molecule has 4 nitrogen and oxygen atoms in total. The topological polar surface area (TPSA) is 49.4 Å². The molecular formula is C25H24N2O2S. The minimum Gasteiger partial charge on any atom is -0.326 e. The Kier molecular flexibility index (Phi) is 6.50. The first kappa shape index (κ1) is 20.2. The van der Waals surface area contributed by atoms with Gasteiger partial charge >= 0.3 is 0 Å². The SMILES string of the molecule is O=C(CCSc1ccccc1)Nc1ccc2c(c1)CCCN2C(=O)c1ccccc1. The van der Waals surface area contributed by atoms with Gasteiger partial charge in [-0.3, -0.25) is 9.59 Å². The first-order valence-corrected chi connectivity index (χ1v) is 11.2. The van der Waals surface area contributed by atoms with Crippen LogP contribution in [0.4, 0.5) is 11.4 Å².